The summed E-state index contributed by atoms with van der Waals surface area (Å²) >= 11 is 0. The largest absolute Gasteiger partial charge is 0.493 e. The molecule has 3 heterocycles. The Morgan fingerprint density at radius 1 is 1.18 bits per heavy atom. The van der Waals surface area contributed by atoms with E-state index in [0.717, 1.165) is 24.1 Å². The minimum absolute atomic E-state index is 0.0423. The lowest BCUT2D eigenvalue weighted by atomic mass is 9.85. The Balaban J connectivity index is 2.03. The number of carboxylic acid groups (broad SMARTS) is 1. The van der Waals surface area contributed by atoms with E-state index in [-0.39, 0.29) is 23.7 Å². The summed E-state index contributed by atoms with van der Waals surface area (Å²) < 4.78 is 12.9. The predicted molar refractivity (Wildman–Crippen MR) is 104 cm³/mol. The fourth-order valence-electron chi connectivity index (χ4n) is 4.60. The summed E-state index contributed by atoms with van der Waals surface area (Å²) in [6.45, 7) is 5.16. The molecule has 0 saturated carbocycles. The molecule has 2 aliphatic rings. The third-order valence-corrected chi connectivity index (χ3v) is 5.89. The van der Waals surface area contributed by atoms with Crippen LogP contribution in [-0.4, -0.2) is 47.3 Å². The van der Waals surface area contributed by atoms with E-state index in [1.54, 1.807) is 14.2 Å². The number of methoxy groups -OCH3 is 2. The molecule has 1 aromatic carbocycles. The third kappa shape index (κ3) is 2.61. The molecular weight excluding hydrogens is 360 g/mol. The molecule has 0 bridgehead atoms. The van der Waals surface area contributed by atoms with Crippen molar-refractivity contribution < 1.29 is 19.4 Å². The molecule has 2 unspecified atom stereocenters. The summed E-state index contributed by atoms with van der Waals surface area (Å²) in [6, 6.07) is 5.60. The minimum Gasteiger partial charge on any atom is -0.493 e. The van der Waals surface area contributed by atoms with Gasteiger partial charge in [-0.05, 0) is 38.0 Å². The van der Waals surface area contributed by atoms with Crippen LogP contribution in [0.15, 0.2) is 29.2 Å². The molecule has 0 amide bonds. The van der Waals surface area contributed by atoms with E-state index in [1.165, 1.54) is 12.3 Å². The number of likely N-dealkylation sites (tertiary alicyclic amines) is 1. The predicted octanol–water partition coefficient (Wildman–Crippen LogP) is 2.94. The number of nitrogens with zero attached hydrogens (tertiary/aromatic N) is 2. The number of hydrogen-bond donors (Lipinski definition) is 1. The lowest BCUT2D eigenvalue weighted by Gasteiger charge is -2.39. The van der Waals surface area contributed by atoms with E-state index >= 15 is 0 Å². The third-order valence-electron chi connectivity index (χ3n) is 5.89. The molecule has 2 aliphatic heterocycles. The van der Waals surface area contributed by atoms with Gasteiger partial charge in [0.1, 0.15) is 5.56 Å². The summed E-state index contributed by atoms with van der Waals surface area (Å²) in [4.78, 5) is 26.4. The van der Waals surface area contributed by atoms with E-state index in [1.807, 2.05) is 16.7 Å². The Kier molecular flexibility index (Phi) is 4.42. The Hall–Kier alpha value is -2.80. The van der Waals surface area contributed by atoms with Crippen molar-refractivity contribution in [3.05, 3.63) is 45.7 Å². The van der Waals surface area contributed by atoms with Crippen LogP contribution in [0.1, 0.15) is 48.3 Å². The van der Waals surface area contributed by atoms with Crippen LogP contribution >= 0.6 is 0 Å². The van der Waals surface area contributed by atoms with Crippen molar-refractivity contribution in [2.75, 3.05) is 20.8 Å². The molecule has 0 radical (unpaired) electrons. The van der Waals surface area contributed by atoms with Gasteiger partial charge in [0.25, 0.3) is 0 Å². The van der Waals surface area contributed by atoms with Gasteiger partial charge >= 0.3 is 5.97 Å². The second kappa shape index (κ2) is 6.67. The van der Waals surface area contributed by atoms with Crippen LogP contribution < -0.4 is 14.9 Å². The molecule has 2 aromatic rings. The van der Waals surface area contributed by atoms with Crippen LogP contribution in [-0.2, 0) is 0 Å². The number of hydrogen-bond acceptors (Lipinski definition) is 5. The number of benzene rings is 1. The monoisotopic (exact) mass is 384 g/mol. The maximum atomic E-state index is 12.5. The number of carbonyl (C=O) groups is 1. The molecule has 4 rings (SSSR count). The minimum atomic E-state index is -1.20. The standard InChI is InChI=1S/C21H24N2O5/c1-11(2)22-6-5-12-13-7-18(27-3)19(28-4)8-14(13)16-9-17(24)15(21(25)26)10-23(16)20(12)22/h7-12,20H,5-6H2,1-4H3,(H,25,26). The average molecular weight is 384 g/mol. The number of aromatic carboxylic acids is 1. The molecule has 1 aromatic heterocycles. The molecule has 0 aliphatic carbocycles. The summed E-state index contributed by atoms with van der Waals surface area (Å²) in [5.41, 5.74) is 2.00. The van der Waals surface area contributed by atoms with Crippen LogP contribution in [0, 0.1) is 0 Å². The van der Waals surface area contributed by atoms with Crippen molar-refractivity contribution in [3.8, 4) is 22.8 Å². The molecule has 1 saturated heterocycles. The zero-order valence-corrected chi connectivity index (χ0v) is 16.4. The molecule has 148 valence electrons. The van der Waals surface area contributed by atoms with Crippen molar-refractivity contribution in [2.24, 2.45) is 0 Å². The molecule has 1 fully saturated rings. The first kappa shape index (κ1) is 18.6. The normalized spacial score (nSPS) is 20.5. The van der Waals surface area contributed by atoms with Gasteiger partial charge in [0.05, 0.1) is 26.1 Å². The topological polar surface area (TPSA) is 81.0 Å². The van der Waals surface area contributed by atoms with E-state index in [9.17, 15) is 14.7 Å². The number of ether oxygens (including phenoxy) is 2. The van der Waals surface area contributed by atoms with Gasteiger partial charge in [-0.1, -0.05) is 0 Å². The maximum absolute atomic E-state index is 12.5. The number of rotatable bonds is 4. The van der Waals surface area contributed by atoms with Crippen LogP contribution in [0.5, 0.6) is 11.5 Å². The van der Waals surface area contributed by atoms with Crippen molar-refractivity contribution in [2.45, 2.75) is 38.4 Å². The number of carboxylic acids is 1. The van der Waals surface area contributed by atoms with Gasteiger partial charge in [-0.25, -0.2) is 4.79 Å². The molecular formula is C21H24N2O5. The van der Waals surface area contributed by atoms with Gasteiger partial charge in [0, 0.05) is 36.3 Å². The average Bonchev–Trinajstić information content (AvgIpc) is 3.12. The van der Waals surface area contributed by atoms with Gasteiger partial charge in [0.2, 0.25) is 0 Å². The van der Waals surface area contributed by atoms with E-state index in [0.29, 0.717) is 17.2 Å². The van der Waals surface area contributed by atoms with E-state index in [4.69, 9.17) is 9.47 Å². The van der Waals surface area contributed by atoms with Crippen LogP contribution in [0.25, 0.3) is 11.3 Å². The molecule has 1 N–H and O–H groups in total. The van der Waals surface area contributed by atoms with E-state index < -0.39 is 11.4 Å². The lowest BCUT2D eigenvalue weighted by molar-refractivity contribution is 0.0692. The Morgan fingerprint density at radius 3 is 2.46 bits per heavy atom. The number of fused-ring (bicyclic) bond motifs is 6. The highest BCUT2D eigenvalue weighted by atomic mass is 16.5. The highest BCUT2D eigenvalue weighted by Gasteiger charge is 2.43. The first-order valence-corrected chi connectivity index (χ1v) is 9.38. The Morgan fingerprint density at radius 2 is 1.86 bits per heavy atom. The van der Waals surface area contributed by atoms with Crippen molar-refractivity contribution in [1.29, 1.82) is 0 Å². The summed E-state index contributed by atoms with van der Waals surface area (Å²) in [5.74, 6) is 0.207. The fraction of sp³-hybridized carbons (Fsp3) is 0.429. The molecule has 2 atom stereocenters. The lowest BCUT2D eigenvalue weighted by Crippen LogP contribution is -2.38. The maximum Gasteiger partial charge on any atom is 0.341 e. The summed E-state index contributed by atoms with van der Waals surface area (Å²) in [6.07, 6.45) is 2.40. The molecule has 7 nitrogen and oxygen atoms in total. The van der Waals surface area contributed by atoms with Crippen LogP contribution in [0.2, 0.25) is 0 Å². The van der Waals surface area contributed by atoms with E-state index in [2.05, 4.69) is 18.7 Å². The Bertz CT molecular complexity index is 1010. The van der Waals surface area contributed by atoms with Crippen molar-refractivity contribution in [3.63, 3.8) is 0 Å². The van der Waals surface area contributed by atoms with Gasteiger partial charge < -0.3 is 19.1 Å². The summed E-state index contributed by atoms with van der Waals surface area (Å²) in [7, 11) is 3.18. The highest BCUT2D eigenvalue weighted by molar-refractivity contribution is 5.88. The summed E-state index contributed by atoms with van der Waals surface area (Å²) in [5, 5.41) is 9.47. The smallest absolute Gasteiger partial charge is 0.341 e. The van der Waals surface area contributed by atoms with Crippen LogP contribution in [0.4, 0.5) is 0 Å². The van der Waals surface area contributed by atoms with Gasteiger partial charge in [0.15, 0.2) is 16.9 Å². The second-order valence-electron chi connectivity index (χ2n) is 7.58. The van der Waals surface area contributed by atoms with Crippen molar-refractivity contribution in [1.82, 2.24) is 9.47 Å². The van der Waals surface area contributed by atoms with Gasteiger partial charge in [-0.2, -0.15) is 0 Å². The van der Waals surface area contributed by atoms with Gasteiger partial charge in [-0.3, -0.25) is 9.69 Å². The zero-order valence-electron chi connectivity index (χ0n) is 16.4. The fourth-order valence-corrected chi connectivity index (χ4v) is 4.60. The zero-order chi connectivity index (χ0) is 20.2. The quantitative estimate of drug-likeness (QED) is 0.873. The molecule has 7 heteroatoms. The Labute approximate surface area is 163 Å². The first-order chi connectivity index (χ1) is 13.4. The molecule has 28 heavy (non-hydrogen) atoms. The highest BCUT2D eigenvalue weighted by Crippen LogP contribution is 2.52. The number of pyridine rings is 1. The SMILES string of the molecule is COc1cc2c(cc1OC)C1CCN(C(C)C)C1n1cc(C(=O)O)c(=O)cc1-2. The number of aromatic nitrogens is 1. The second-order valence-corrected chi connectivity index (χ2v) is 7.58. The molecule has 0 spiro atoms. The first-order valence-electron chi connectivity index (χ1n) is 9.38. The van der Waals surface area contributed by atoms with Crippen molar-refractivity contribution >= 4 is 5.97 Å². The van der Waals surface area contributed by atoms with Crippen LogP contribution in [0.3, 0.4) is 0 Å². The van der Waals surface area contributed by atoms with Gasteiger partial charge in [-0.15, -0.1) is 0 Å².